The monoisotopic (exact) mass is 391 g/mol. The maximum atomic E-state index is 10.4. The Kier molecular flexibility index (Phi) is 5.16. The maximum absolute atomic E-state index is 10.4. The van der Waals surface area contributed by atoms with E-state index in [-0.39, 0.29) is 5.57 Å². The van der Waals surface area contributed by atoms with E-state index in [0.717, 1.165) is 0 Å². The average molecular weight is 391 g/mol. The van der Waals surface area contributed by atoms with Gasteiger partial charge in [0.1, 0.15) is 11.6 Å². The smallest absolute Gasteiger partial charge is 0.316 e. The second kappa shape index (κ2) is 4.85. The third kappa shape index (κ3) is 2.80. The van der Waals surface area contributed by atoms with Gasteiger partial charge in [-0.25, -0.2) is 4.79 Å². The average Bonchev–Trinajstić information content (AvgIpc) is 1.87. The molecule has 50 valence electrons. The standard InChI is InChI=1S/C6H6NO2.Rf/c1-3-9-6(8)5(2)4-7;/h3H,2H2,1H3;/q-1;. The summed E-state index contributed by atoms with van der Waals surface area (Å²) in [7, 11) is 0. The molecule has 0 saturated heterocycles. The number of hydrogen-bond donors (Lipinski definition) is 0. The van der Waals surface area contributed by atoms with Crippen LogP contribution in [-0.2, 0) is 9.53 Å². The van der Waals surface area contributed by atoms with Crippen LogP contribution in [0.5, 0.6) is 0 Å². The molecule has 4 heteroatoms. The van der Waals surface area contributed by atoms with Gasteiger partial charge in [-0.3, -0.25) is 0 Å². The predicted molar refractivity (Wildman–Crippen MR) is 30.8 cm³/mol. The summed E-state index contributed by atoms with van der Waals surface area (Å²) in [6.45, 7) is 5.88. The van der Waals surface area contributed by atoms with Crippen LogP contribution in [0.4, 0.5) is 0 Å². The van der Waals surface area contributed by atoms with E-state index in [9.17, 15) is 4.79 Å². The number of rotatable bonds is 2. The zero-order valence-electron chi connectivity index (χ0n) is 5.76. The van der Waals surface area contributed by atoms with E-state index in [2.05, 4.69) is 11.3 Å². The van der Waals surface area contributed by atoms with Crippen molar-refractivity contribution >= 4 is 5.97 Å². The summed E-state index contributed by atoms with van der Waals surface area (Å²) in [5, 5.41) is 8.07. The molecule has 0 fully saturated rings. The Morgan fingerprint density at radius 2 is 2.30 bits per heavy atom. The van der Waals surface area contributed by atoms with Gasteiger partial charge in [0, 0.05) is 0 Å². The molecule has 0 rings (SSSR count). The second-order valence-corrected chi connectivity index (χ2v) is 1.23. The minimum absolute atomic E-state index is 0. The SMILES string of the molecule is C=C(C#N)C(=O)O[CH-]C.[Rf]. The van der Waals surface area contributed by atoms with E-state index in [1.54, 1.807) is 13.0 Å². The Balaban J connectivity index is 0. The van der Waals surface area contributed by atoms with Gasteiger partial charge in [-0.15, -0.1) is 0 Å². The molecule has 0 radical (unpaired) electrons. The summed E-state index contributed by atoms with van der Waals surface area (Å²) in [4.78, 5) is 10.4. The van der Waals surface area contributed by atoms with Gasteiger partial charge in [-0.2, -0.15) is 18.8 Å². The molecule has 10 heavy (non-hydrogen) atoms. The molecule has 0 amide bonds. The van der Waals surface area contributed by atoms with Gasteiger partial charge < -0.3 is 4.74 Å². The molecule has 0 saturated carbocycles. The van der Waals surface area contributed by atoms with Crippen molar-refractivity contribution in [2.45, 2.75) is 6.92 Å². The zero-order valence-corrected chi connectivity index (χ0v) is 12.2. The summed E-state index contributed by atoms with van der Waals surface area (Å²) in [5.74, 6) is -0.694. The first-order chi connectivity index (χ1) is 4.22. The number of nitriles is 1. The van der Waals surface area contributed by atoms with Crippen LogP contribution in [-0.4, -0.2) is 5.97 Å². The molecule has 0 heterocycles. The Hall–Kier alpha value is -2.30. The molecule has 0 bridgehead atoms. The van der Waals surface area contributed by atoms with Crippen molar-refractivity contribution in [3.05, 3.63) is 18.8 Å². The molecule has 0 aromatic carbocycles. The van der Waals surface area contributed by atoms with Crippen molar-refractivity contribution in [3.63, 3.8) is 0 Å². The van der Waals surface area contributed by atoms with Crippen LogP contribution < -0.4 is 0 Å². The van der Waals surface area contributed by atoms with E-state index in [1.165, 1.54) is 6.61 Å². The van der Waals surface area contributed by atoms with E-state index in [1.807, 2.05) is 0 Å². The summed E-state index contributed by atoms with van der Waals surface area (Å²) >= 11 is 0. The van der Waals surface area contributed by atoms with Crippen LogP contribution in [0.3, 0.4) is 0 Å². The number of carbonyl (C=O) groups excluding carboxylic acids is 1. The third-order valence-electron chi connectivity index (χ3n) is 0.606. The molecular weight excluding hydrogens is 385 g/mol. The first-order valence-electron chi connectivity index (χ1n) is 2.30. The molecule has 0 aliphatic rings. The van der Waals surface area contributed by atoms with Crippen LogP contribution in [0.1, 0.15) is 6.92 Å². The maximum Gasteiger partial charge on any atom is 0.316 e. The molecule has 0 aliphatic heterocycles. The fraction of sp³-hybridized carbons (Fsp3) is 0.167. The largest absolute Gasteiger partial charge is 0.633 e. The van der Waals surface area contributed by atoms with E-state index >= 15 is 0 Å². The molecule has 0 unspecified atom stereocenters. The quantitative estimate of drug-likeness (QED) is 0.303. The van der Waals surface area contributed by atoms with Crippen molar-refractivity contribution in [2.24, 2.45) is 0 Å². The Labute approximate surface area is 53.5 Å². The third-order valence-corrected chi connectivity index (χ3v) is 0.606. The minimum atomic E-state index is -0.694. The van der Waals surface area contributed by atoms with Crippen molar-refractivity contribution in [1.29, 1.82) is 5.26 Å². The summed E-state index contributed by atoms with van der Waals surface area (Å²) in [5.41, 5.74) is -0.187. The molecular formula is C6H6NO2Rf-. The first-order valence-corrected chi connectivity index (χ1v) is 2.30. The number of ether oxygens (including phenoxy) is 1. The van der Waals surface area contributed by atoms with Crippen molar-refractivity contribution in [2.75, 3.05) is 0 Å². The van der Waals surface area contributed by atoms with Crippen molar-refractivity contribution < 1.29 is 9.53 Å². The van der Waals surface area contributed by atoms with Gasteiger partial charge in [-0.1, -0.05) is 6.58 Å². The van der Waals surface area contributed by atoms with Gasteiger partial charge in [0.15, 0.2) is 0 Å². The Morgan fingerprint density at radius 3 is 2.60 bits per heavy atom. The molecule has 0 aromatic rings. The molecule has 0 aromatic heterocycles. The molecule has 3 nitrogen and oxygen atoms in total. The Morgan fingerprint density at radius 1 is 1.80 bits per heavy atom. The van der Waals surface area contributed by atoms with Gasteiger partial charge in [0.25, 0.3) is 0 Å². The van der Waals surface area contributed by atoms with Gasteiger partial charge in [0.2, 0.25) is 0 Å². The second-order valence-electron chi connectivity index (χ2n) is 1.23. The van der Waals surface area contributed by atoms with Crippen LogP contribution in [0, 0.1) is 17.9 Å². The van der Waals surface area contributed by atoms with E-state index in [4.69, 9.17) is 5.26 Å². The zero-order chi connectivity index (χ0) is 7.28. The van der Waals surface area contributed by atoms with Crippen LogP contribution in [0.2, 0.25) is 0 Å². The van der Waals surface area contributed by atoms with Crippen LogP contribution >= 0.6 is 0 Å². The van der Waals surface area contributed by atoms with Gasteiger partial charge >= 0.3 is 5.97 Å². The molecule has 0 atom stereocenters. The molecule has 0 N–H and O–H groups in total. The van der Waals surface area contributed by atoms with Crippen LogP contribution in [0.15, 0.2) is 12.2 Å². The normalized spacial score (nSPS) is 6.80. The summed E-state index contributed by atoms with van der Waals surface area (Å²) < 4.78 is 4.31. The van der Waals surface area contributed by atoms with Crippen molar-refractivity contribution in [3.8, 4) is 6.07 Å². The van der Waals surface area contributed by atoms with Gasteiger partial charge in [-0.05, 0) is 0 Å². The van der Waals surface area contributed by atoms with Crippen LogP contribution in [0.25, 0.3) is 0 Å². The predicted octanol–water partition coefficient (Wildman–Crippen LogP) is 0.791. The van der Waals surface area contributed by atoms with E-state index < -0.39 is 5.97 Å². The molecule has 0 aliphatic carbocycles. The van der Waals surface area contributed by atoms with Gasteiger partial charge in [0.05, 0.1) is 0 Å². The van der Waals surface area contributed by atoms with E-state index in [0.29, 0.717) is 0 Å². The summed E-state index contributed by atoms with van der Waals surface area (Å²) in [6.07, 6.45) is 0. The number of carbonyl (C=O) groups is 1. The molecule has 0 spiro atoms. The number of esters is 1. The number of hydrogen-bond acceptors (Lipinski definition) is 3. The minimum Gasteiger partial charge on any atom is -0.633 e. The van der Waals surface area contributed by atoms with Crippen molar-refractivity contribution in [1.82, 2.24) is 0 Å². The fourth-order valence-corrected chi connectivity index (χ4v) is 0.224. The summed E-state index contributed by atoms with van der Waals surface area (Å²) in [6, 6.07) is 1.56. The topological polar surface area (TPSA) is 50.1 Å². The fourth-order valence-electron chi connectivity index (χ4n) is 0.224. The number of nitrogens with zero attached hydrogens (tertiary/aromatic N) is 1. The first kappa shape index (κ1) is 10.6. The Bertz CT molecular complexity index is 171.